The second-order valence-electron chi connectivity index (χ2n) is 7.21. The zero-order valence-corrected chi connectivity index (χ0v) is 16.4. The van der Waals surface area contributed by atoms with Gasteiger partial charge in [-0.1, -0.05) is 24.3 Å². The number of imidazole rings is 1. The fourth-order valence-electron chi connectivity index (χ4n) is 3.97. The monoisotopic (exact) mass is 388 g/mol. The number of H-pyrrole nitrogens is 1. The molecule has 1 aliphatic heterocycles. The molecule has 0 saturated carbocycles. The summed E-state index contributed by atoms with van der Waals surface area (Å²) in [6.45, 7) is 3.37. The predicted molar refractivity (Wildman–Crippen MR) is 111 cm³/mol. The van der Waals surface area contributed by atoms with Crippen molar-refractivity contribution in [1.29, 1.82) is 0 Å². The van der Waals surface area contributed by atoms with Crippen LogP contribution >= 0.6 is 11.3 Å². The van der Waals surface area contributed by atoms with Gasteiger partial charge in [0, 0.05) is 45.6 Å². The predicted octanol–water partition coefficient (Wildman–Crippen LogP) is 4.51. The van der Waals surface area contributed by atoms with E-state index in [1.807, 2.05) is 29.3 Å². The van der Waals surface area contributed by atoms with E-state index < -0.39 is 0 Å². The molecule has 140 valence electrons. The van der Waals surface area contributed by atoms with Crippen LogP contribution in [0.1, 0.15) is 28.7 Å². The van der Waals surface area contributed by atoms with Crippen molar-refractivity contribution in [2.45, 2.75) is 25.8 Å². The van der Waals surface area contributed by atoms with Crippen molar-refractivity contribution in [2.75, 3.05) is 6.54 Å². The molecule has 28 heavy (non-hydrogen) atoms. The third kappa shape index (κ3) is 2.99. The molecule has 5 rings (SSSR count). The maximum absolute atomic E-state index is 12.5. The van der Waals surface area contributed by atoms with Crippen LogP contribution in [0.2, 0.25) is 0 Å². The number of aryl methyl sites for hydroxylation is 1. The number of hydrogen-bond donors (Lipinski definition) is 1. The Kier molecular flexibility index (Phi) is 4.20. The summed E-state index contributed by atoms with van der Waals surface area (Å²) in [6, 6.07) is 14.2. The zero-order valence-electron chi connectivity index (χ0n) is 15.6. The van der Waals surface area contributed by atoms with Crippen LogP contribution in [0.5, 0.6) is 0 Å². The van der Waals surface area contributed by atoms with Crippen LogP contribution in [0, 0.1) is 6.92 Å². The first-order valence-corrected chi connectivity index (χ1v) is 10.2. The number of nitrogens with one attached hydrogen (secondary N) is 1. The van der Waals surface area contributed by atoms with E-state index in [1.165, 1.54) is 20.5 Å². The van der Waals surface area contributed by atoms with E-state index in [4.69, 9.17) is 0 Å². The lowest BCUT2D eigenvalue weighted by atomic mass is 10.1. The average molecular weight is 388 g/mol. The molecule has 1 N–H and O–H groups in total. The maximum atomic E-state index is 12.5. The van der Waals surface area contributed by atoms with E-state index in [1.54, 1.807) is 17.5 Å². The lowest BCUT2D eigenvalue weighted by molar-refractivity contribution is -0.128. The van der Waals surface area contributed by atoms with Gasteiger partial charge in [0.1, 0.15) is 5.82 Å². The topological polar surface area (TPSA) is 61.9 Å². The van der Waals surface area contributed by atoms with E-state index in [0.29, 0.717) is 19.5 Å². The number of rotatable bonds is 4. The molecule has 4 heterocycles. The number of carbonyl (C=O) groups excluding carboxylic acids is 1. The lowest BCUT2D eigenvalue weighted by Crippen LogP contribution is -2.24. The Hall–Kier alpha value is -2.99. The number of hydrogen-bond acceptors (Lipinski definition) is 4. The average Bonchev–Trinajstić information content (AvgIpc) is 3.39. The summed E-state index contributed by atoms with van der Waals surface area (Å²) < 4.78 is 1.28. The van der Waals surface area contributed by atoms with Crippen molar-refractivity contribution in [3.8, 4) is 11.3 Å². The molecular formula is C22H20N4OS. The smallest absolute Gasteiger partial charge is 0.223 e. The Morgan fingerprint density at radius 1 is 1.18 bits per heavy atom. The molecule has 6 heteroatoms. The van der Waals surface area contributed by atoms with E-state index in [-0.39, 0.29) is 11.8 Å². The third-order valence-electron chi connectivity index (χ3n) is 5.32. The van der Waals surface area contributed by atoms with Crippen molar-refractivity contribution in [1.82, 2.24) is 19.9 Å². The first-order valence-electron chi connectivity index (χ1n) is 9.40. The molecule has 1 amide bonds. The summed E-state index contributed by atoms with van der Waals surface area (Å²) in [6.07, 6.45) is 4.16. The fraction of sp³-hybridized carbons (Fsp3) is 0.227. The van der Waals surface area contributed by atoms with Crippen LogP contribution in [-0.4, -0.2) is 32.3 Å². The molecule has 3 aromatic heterocycles. The summed E-state index contributed by atoms with van der Waals surface area (Å²) in [7, 11) is 0. The molecule has 1 fully saturated rings. The van der Waals surface area contributed by atoms with Gasteiger partial charge in [0.2, 0.25) is 5.91 Å². The molecule has 1 aliphatic rings. The number of aromatic nitrogens is 3. The Morgan fingerprint density at radius 2 is 2.04 bits per heavy atom. The van der Waals surface area contributed by atoms with Crippen LogP contribution in [0.25, 0.3) is 21.3 Å². The molecule has 4 aromatic rings. The zero-order chi connectivity index (χ0) is 19.1. The van der Waals surface area contributed by atoms with E-state index in [0.717, 1.165) is 17.2 Å². The number of aromatic amines is 1. The summed E-state index contributed by atoms with van der Waals surface area (Å²) in [5.41, 5.74) is 3.16. The number of thiophene rings is 1. The SMILES string of the molecule is Cc1sc2ccccc2c1-c1cnc([C@@H]2CC(=O)N(Cc3ccccn3)C2)[nH]1. The Morgan fingerprint density at radius 3 is 2.89 bits per heavy atom. The van der Waals surface area contributed by atoms with Gasteiger partial charge in [-0.2, -0.15) is 0 Å². The first kappa shape index (κ1) is 17.1. The minimum atomic E-state index is 0.0927. The highest BCUT2D eigenvalue weighted by Crippen LogP contribution is 2.38. The van der Waals surface area contributed by atoms with Gasteiger partial charge in [-0.05, 0) is 25.1 Å². The van der Waals surface area contributed by atoms with Crippen LogP contribution in [-0.2, 0) is 11.3 Å². The first-order chi connectivity index (χ1) is 13.7. The molecule has 5 nitrogen and oxygen atoms in total. The van der Waals surface area contributed by atoms with Crippen molar-refractivity contribution in [3.63, 3.8) is 0 Å². The number of likely N-dealkylation sites (tertiary alicyclic amines) is 1. The summed E-state index contributed by atoms with van der Waals surface area (Å²) in [4.78, 5) is 28.1. The van der Waals surface area contributed by atoms with Crippen molar-refractivity contribution >= 4 is 27.3 Å². The van der Waals surface area contributed by atoms with Gasteiger partial charge in [0.15, 0.2) is 0 Å². The quantitative estimate of drug-likeness (QED) is 0.559. The second-order valence-corrected chi connectivity index (χ2v) is 8.46. The highest BCUT2D eigenvalue weighted by Gasteiger charge is 2.32. The molecule has 0 aliphatic carbocycles. The van der Waals surface area contributed by atoms with Crippen LogP contribution in [0.4, 0.5) is 0 Å². The van der Waals surface area contributed by atoms with Crippen molar-refractivity contribution < 1.29 is 4.79 Å². The molecular weight excluding hydrogens is 368 g/mol. The summed E-state index contributed by atoms with van der Waals surface area (Å²) in [5.74, 6) is 1.14. The van der Waals surface area contributed by atoms with E-state index in [9.17, 15) is 4.79 Å². The van der Waals surface area contributed by atoms with Crippen LogP contribution in [0.15, 0.2) is 54.9 Å². The van der Waals surface area contributed by atoms with Gasteiger partial charge in [0.25, 0.3) is 0 Å². The lowest BCUT2D eigenvalue weighted by Gasteiger charge is -2.15. The minimum absolute atomic E-state index is 0.0927. The number of benzene rings is 1. The normalized spacial score (nSPS) is 17.0. The largest absolute Gasteiger partial charge is 0.342 e. The standard InChI is InChI=1S/C22H20N4OS/c1-14-21(17-7-2-3-8-19(17)28-14)18-11-24-22(25-18)15-10-20(27)26(12-15)13-16-6-4-5-9-23-16/h2-9,11,15H,10,12-13H2,1H3,(H,24,25)/t15-/m1/s1. The Bertz CT molecular complexity index is 1150. The van der Waals surface area contributed by atoms with Crippen molar-refractivity contribution in [3.05, 3.63) is 71.3 Å². The highest BCUT2D eigenvalue weighted by atomic mass is 32.1. The Labute approximate surface area is 167 Å². The number of pyridine rings is 1. The van der Waals surface area contributed by atoms with Crippen LogP contribution < -0.4 is 0 Å². The molecule has 0 radical (unpaired) electrons. The number of carbonyl (C=O) groups is 1. The number of nitrogens with zero attached hydrogens (tertiary/aromatic N) is 3. The number of fused-ring (bicyclic) bond motifs is 1. The van der Waals surface area contributed by atoms with Crippen LogP contribution in [0.3, 0.4) is 0 Å². The molecule has 0 unspecified atom stereocenters. The summed E-state index contributed by atoms with van der Waals surface area (Å²) in [5, 5.41) is 1.25. The van der Waals surface area contributed by atoms with Crippen molar-refractivity contribution in [2.24, 2.45) is 0 Å². The minimum Gasteiger partial charge on any atom is -0.342 e. The molecule has 1 aromatic carbocycles. The van der Waals surface area contributed by atoms with Gasteiger partial charge >= 0.3 is 0 Å². The molecule has 1 saturated heterocycles. The third-order valence-corrected chi connectivity index (χ3v) is 6.40. The van der Waals surface area contributed by atoms with E-state index >= 15 is 0 Å². The van der Waals surface area contributed by atoms with Gasteiger partial charge in [-0.15, -0.1) is 11.3 Å². The van der Waals surface area contributed by atoms with Gasteiger partial charge in [0.05, 0.1) is 24.1 Å². The number of amides is 1. The molecule has 1 atom stereocenters. The highest BCUT2D eigenvalue weighted by molar-refractivity contribution is 7.19. The van der Waals surface area contributed by atoms with Gasteiger partial charge < -0.3 is 9.88 Å². The fourth-order valence-corrected chi connectivity index (χ4v) is 5.05. The van der Waals surface area contributed by atoms with Gasteiger partial charge in [-0.25, -0.2) is 4.98 Å². The van der Waals surface area contributed by atoms with E-state index in [2.05, 4.69) is 46.1 Å². The maximum Gasteiger partial charge on any atom is 0.223 e. The summed E-state index contributed by atoms with van der Waals surface area (Å²) >= 11 is 1.80. The second kappa shape index (κ2) is 6.87. The Balaban J connectivity index is 1.39. The molecule has 0 bridgehead atoms. The molecule has 0 spiro atoms. The van der Waals surface area contributed by atoms with Gasteiger partial charge in [-0.3, -0.25) is 9.78 Å².